The Morgan fingerprint density at radius 3 is 3.04 bits per heavy atom. The van der Waals surface area contributed by atoms with Crippen molar-refractivity contribution in [1.82, 2.24) is 5.16 Å². The Bertz CT molecular complexity index is 880. The Kier molecular flexibility index (Phi) is 3.38. The van der Waals surface area contributed by atoms with Crippen LogP contribution in [0.25, 0.3) is 10.4 Å². The van der Waals surface area contributed by atoms with Crippen molar-refractivity contribution in [3.8, 4) is 16.2 Å². The number of hydrogen-bond acceptors (Lipinski definition) is 6. The number of fused-ring (bicyclic) bond motifs is 3. The minimum absolute atomic E-state index is 0.103. The summed E-state index contributed by atoms with van der Waals surface area (Å²) in [6, 6.07) is 11.4. The van der Waals surface area contributed by atoms with Crippen LogP contribution in [0, 0.1) is 6.92 Å². The average Bonchev–Trinajstić information content (AvgIpc) is 3.18. The second kappa shape index (κ2) is 5.55. The van der Waals surface area contributed by atoms with Gasteiger partial charge in [-0.2, -0.15) is 0 Å². The van der Waals surface area contributed by atoms with Gasteiger partial charge in [-0.05, 0) is 25.1 Å². The molecule has 0 atom stereocenters. The quantitative estimate of drug-likeness (QED) is 0.681. The highest BCUT2D eigenvalue weighted by molar-refractivity contribution is 7.17. The molecule has 0 aliphatic carbocycles. The molecule has 5 nitrogen and oxygen atoms in total. The summed E-state index contributed by atoms with van der Waals surface area (Å²) in [7, 11) is 0. The SMILES string of the molecule is Cc1cc(COC(=O)c2cc3c(s2)-c2ccccc2OC3)no1. The summed E-state index contributed by atoms with van der Waals surface area (Å²) in [5.74, 6) is 1.18. The fourth-order valence-corrected chi connectivity index (χ4v) is 3.59. The van der Waals surface area contributed by atoms with Crippen molar-refractivity contribution >= 4 is 17.3 Å². The minimum Gasteiger partial charge on any atom is -0.488 e. The number of para-hydroxylation sites is 1. The highest BCUT2D eigenvalue weighted by Crippen LogP contribution is 2.42. The van der Waals surface area contributed by atoms with E-state index >= 15 is 0 Å². The normalized spacial score (nSPS) is 12.2. The lowest BCUT2D eigenvalue weighted by Crippen LogP contribution is -2.04. The maximum absolute atomic E-state index is 12.2. The number of benzene rings is 1. The van der Waals surface area contributed by atoms with Crippen LogP contribution < -0.4 is 4.74 Å². The van der Waals surface area contributed by atoms with Gasteiger partial charge in [-0.1, -0.05) is 17.3 Å². The van der Waals surface area contributed by atoms with E-state index in [1.165, 1.54) is 11.3 Å². The highest BCUT2D eigenvalue weighted by Gasteiger charge is 2.23. The molecular weight excluding hydrogens is 314 g/mol. The molecule has 3 aromatic rings. The van der Waals surface area contributed by atoms with Crippen LogP contribution in [0.3, 0.4) is 0 Å². The molecule has 6 heteroatoms. The van der Waals surface area contributed by atoms with Crippen LogP contribution in [-0.2, 0) is 18.0 Å². The fraction of sp³-hybridized carbons (Fsp3) is 0.176. The summed E-state index contributed by atoms with van der Waals surface area (Å²) < 4.78 is 16.0. The largest absolute Gasteiger partial charge is 0.488 e. The van der Waals surface area contributed by atoms with Crippen LogP contribution in [0.15, 0.2) is 40.9 Å². The molecule has 0 spiro atoms. The standard InChI is InChI=1S/C17H13NO4S/c1-10-6-12(18-22-10)9-21-17(19)15-7-11-8-20-14-5-3-2-4-13(14)16(11)23-15/h2-7H,8-9H2,1H3. The lowest BCUT2D eigenvalue weighted by atomic mass is 10.1. The van der Waals surface area contributed by atoms with Crippen molar-refractivity contribution < 1.29 is 18.8 Å². The van der Waals surface area contributed by atoms with E-state index < -0.39 is 0 Å². The molecular formula is C17H13NO4S. The lowest BCUT2D eigenvalue weighted by Gasteiger charge is -2.16. The third kappa shape index (κ3) is 2.61. The molecule has 0 saturated heterocycles. The van der Waals surface area contributed by atoms with Gasteiger partial charge < -0.3 is 14.0 Å². The summed E-state index contributed by atoms with van der Waals surface area (Å²) in [6.07, 6.45) is 0. The number of hydrogen-bond donors (Lipinski definition) is 0. The van der Waals surface area contributed by atoms with Crippen LogP contribution in [-0.4, -0.2) is 11.1 Å². The number of esters is 1. The zero-order chi connectivity index (χ0) is 15.8. The minimum atomic E-state index is -0.359. The zero-order valence-corrected chi connectivity index (χ0v) is 13.2. The van der Waals surface area contributed by atoms with E-state index in [-0.39, 0.29) is 12.6 Å². The van der Waals surface area contributed by atoms with E-state index in [1.807, 2.05) is 30.3 Å². The van der Waals surface area contributed by atoms with Crippen LogP contribution in [0.4, 0.5) is 0 Å². The Morgan fingerprint density at radius 1 is 1.35 bits per heavy atom. The van der Waals surface area contributed by atoms with E-state index in [0.29, 0.717) is 22.9 Å². The Hall–Kier alpha value is -2.60. The van der Waals surface area contributed by atoms with Crippen molar-refractivity contribution in [2.75, 3.05) is 0 Å². The molecule has 1 aromatic carbocycles. The summed E-state index contributed by atoms with van der Waals surface area (Å²) >= 11 is 1.43. The maximum atomic E-state index is 12.2. The summed E-state index contributed by atoms with van der Waals surface area (Å²) in [6.45, 7) is 2.37. The van der Waals surface area contributed by atoms with Gasteiger partial charge in [0.25, 0.3) is 0 Å². The predicted molar refractivity (Wildman–Crippen MR) is 84.4 cm³/mol. The number of rotatable bonds is 3. The van der Waals surface area contributed by atoms with Gasteiger partial charge in [-0.3, -0.25) is 0 Å². The van der Waals surface area contributed by atoms with Crippen LogP contribution in [0.1, 0.15) is 26.7 Å². The van der Waals surface area contributed by atoms with Gasteiger partial charge in [-0.25, -0.2) is 4.79 Å². The third-order valence-corrected chi connectivity index (χ3v) is 4.74. The van der Waals surface area contributed by atoms with Gasteiger partial charge in [0, 0.05) is 22.1 Å². The number of aromatic nitrogens is 1. The Morgan fingerprint density at radius 2 is 2.22 bits per heavy atom. The molecule has 0 radical (unpaired) electrons. The molecule has 1 aliphatic rings. The summed E-state index contributed by atoms with van der Waals surface area (Å²) in [5, 5.41) is 3.81. The third-order valence-electron chi connectivity index (χ3n) is 3.55. The molecule has 0 unspecified atom stereocenters. The van der Waals surface area contributed by atoms with Gasteiger partial charge in [0.1, 0.15) is 35.3 Å². The molecule has 2 aromatic heterocycles. The predicted octanol–water partition coefficient (Wildman–Crippen LogP) is 3.96. The van der Waals surface area contributed by atoms with Gasteiger partial charge in [0.2, 0.25) is 0 Å². The van der Waals surface area contributed by atoms with Crippen LogP contribution in [0.5, 0.6) is 5.75 Å². The maximum Gasteiger partial charge on any atom is 0.348 e. The second-order valence-electron chi connectivity index (χ2n) is 5.25. The van der Waals surface area contributed by atoms with Gasteiger partial charge in [-0.15, -0.1) is 11.3 Å². The molecule has 0 N–H and O–H groups in total. The number of carbonyl (C=O) groups is 1. The topological polar surface area (TPSA) is 61.6 Å². The van der Waals surface area contributed by atoms with Crippen molar-refractivity contribution in [2.45, 2.75) is 20.1 Å². The molecule has 0 bridgehead atoms. The number of aryl methyl sites for hydroxylation is 1. The number of nitrogens with zero attached hydrogens (tertiary/aromatic N) is 1. The fourth-order valence-electron chi connectivity index (χ4n) is 2.50. The van der Waals surface area contributed by atoms with E-state index in [0.717, 1.165) is 21.8 Å². The van der Waals surface area contributed by atoms with Crippen molar-refractivity contribution in [3.05, 3.63) is 58.3 Å². The molecule has 0 fully saturated rings. The molecule has 116 valence electrons. The van der Waals surface area contributed by atoms with E-state index in [4.69, 9.17) is 14.0 Å². The molecule has 1 aliphatic heterocycles. The van der Waals surface area contributed by atoms with Crippen molar-refractivity contribution in [3.63, 3.8) is 0 Å². The Labute approximate surface area is 136 Å². The zero-order valence-electron chi connectivity index (χ0n) is 12.4. The van der Waals surface area contributed by atoms with Gasteiger partial charge >= 0.3 is 5.97 Å². The summed E-state index contributed by atoms with van der Waals surface area (Å²) in [4.78, 5) is 13.9. The van der Waals surface area contributed by atoms with Crippen molar-refractivity contribution in [2.24, 2.45) is 0 Å². The average molecular weight is 327 g/mol. The van der Waals surface area contributed by atoms with Crippen LogP contribution >= 0.6 is 11.3 Å². The number of carbonyl (C=O) groups excluding carboxylic acids is 1. The first-order valence-electron chi connectivity index (χ1n) is 7.15. The molecule has 0 amide bonds. The first kappa shape index (κ1) is 14.0. The van der Waals surface area contributed by atoms with E-state index in [9.17, 15) is 4.79 Å². The van der Waals surface area contributed by atoms with E-state index in [2.05, 4.69) is 5.16 Å². The highest BCUT2D eigenvalue weighted by atomic mass is 32.1. The van der Waals surface area contributed by atoms with Gasteiger partial charge in [0.05, 0.1) is 0 Å². The number of thiophene rings is 1. The molecule has 0 saturated carbocycles. The van der Waals surface area contributed by atoms with Crippen molar-refractivity contribution in [1.29, 1.82) is 0 Å². The smallest absolute Gasteiger partial charge is 0.348 e. The first-order valence-corrected chi connectivity index (χ1v) is 7.96. The molecule has 3 heterocycles. The van der Waals surface area contributed by atoms with E-state index in [1.54, 1.807) is 13.0 Å². The second-order valence-corrected chi connectivity index (χ2v) is 6.31. The molecule has 23 heavy (non-hydrogen) atoms. The lowest BCUT2D eigenvalue weighted by molar-refractivity contribution is 0.0470. The van der Waals surface area contributed by atoms with Gasteiger partial charge in [0.15, 0.2) is 0 Å². The first-order chi connectivity index (χ1) is 11.2. The summed E-state index contributed by atoms with van der Waals surface area (Å²) in [5.41, 5.74) is 2.63. The molecule has 4 rings (SSSR count). The Balaban J connectivity index is 1.55. The number of ether oxygens (including phenoxy) is 2. The van der Waals surface area contributed by atoms with Crippen LogP contribution in [0.2, 0.25) is 0 Å². The monoisotopic (exact) mass is 327 g/mol.